The van der Waals surface area contributed by atoms with Crippen LogP contribution in [0, 0.1) is 5.92 Å². The molecule has 0 saturated heterocycles. The van der Waals surface area contributed by atoms with Gasteiger partial charge in [-0.25, -0.2) is 9.18 Å². The molecule has 110 valence electrons. The van der Waals surface area contributed by atoms with E-state index >= 15 is 0 Å². The van der Waals surface area contributed by atoms with Gasteiger partial charge in [0, 0.05) is 0 Å². The molecule has 0 saturated carbocycles. The number of hydrogen-bond donors (Lipinski definition) is 2. The van der Waals surface area contributed by atoms with Crippen LogP contribution < -0.4 is 5.32 Å². The lowest BCUT2D eigenvalue weighted by Gasteiger charge is -2.11. The second-order valence-electron chi connectivity index (χ2n) is 5.20. The van der Waals surface area contributed by atoms with Crippen LogP contribution in [0.1, 0.15) is 25.0 Å². The second kappa shape index (κ2) is 7.62. The molecule has 1 atom stereocenters. The number of halogens is 1. The van der Waals surface area contributed by atoms with Crippen LogP contribution in [0.5, 0.6) is 0 Å². The Balaban J connectivity index is 2.55. The van der Waals surface area contributed by atoms with Gasteiger partial charge in [0.2, 0.25) is 5.91 Å². The van der Waals surface area contributed by atoms with Gasteiger partial charge in [-0.15, -0.1) is 0 Å². The first kappa shape index (κ1) is 16.1. The van der Waals surface area contributed by atoms with Crippen molar-refractivity contribution in [1.29, 1.82) is 0 Å². The summed E-state index contributed by atoms with van der Waals surface area (Å²) in [4.78, 5) is 22.2. The topological polar surface area (TPSA) is 66.4 Å². The second-order valence-corrected chi connectivity index (χ2v) is 5.20. The summed E-state index contributed by atoms with van der Waals surface area (Å²) < 4.78 is 12.4. The highest BCUT2D eigenvalue weighted by Gasteiger charge is 2.19. The maximum Gasteiger partial charge on any atom is 0.328 e. The van der Waals surface area contributed by atoms with E-state index in [1.165, 1.54) is 5.56 Å². The van der Waals surface area contributed by atoms with Crippen LogP contribution in [0.2, 0.25) is 0 Å². The maximum absolute atomic E-state index is 12.4. The van der Waals surface area contributed by atoms with E-state index in [2.05, 4.69) is 19.2 Å². The van der Waals surface area contributed by atoms with E-state index in [1.54, 1.807) is 0 Å². The van der Waals surface area contributed by atoms with E-state index in [9.17, 15) is 14.0 Å². The molecule has 4 nitrogen and oxygen atoms in total. The van der Waals surface area contributed by atoms with Gasteiger partial charge in [0.05, 0.1) is 6.42 Å². The first-order chi connectivity index (χ1) is 9.42. The minimum absolute atomic E-state index is 0.0474. The Morgan fingerprint density at radius 3 is 2.20 bits per heavy atom. The fraction of sp³-hybridized carbons (Fsp3) is 0.467. The van der Waals surface area contributed by atoms with Gasteiger partial charge in [0.15, 0.2) is 6.04 Å². The number of hydrogen-bond acceptors (Lipinski definition) is 2. The van der Waals surface area contributed by atoms with E-state index in [1.807, 2.05) is 24.3 Å². The van der Waals surface area contributed by atoms with Gasteiger partial charge in [-0.05, 0) is 23.5 Å². The van der Waals surface area contributed by atoms with Gasteiger partial charge in [0.25, 0.3) is 0 Å². The van der Waals surface area contributed by atoms with Crippen molar-refractivity contribution in [2.45, 2.75) is 32.7 Å². The number of carbonyl (C=O) groups excluding carboxylic acids is 1. The molecule has 20 heavy (non-hydrogen) atoms. The molecule has 0 aliphatic heterocycles. The van der Waals surface area contributed by atoms with Crippen LogP contribution in [0.3, 0.4) is 0 Å². The van der Waals surface area contributed by atoms with E-state index in [0.29, 0.717) is 5.92 Å². The number of amides is 1. The van der Waals surface area contributed by atoms with Crippen molar-refractivity contribution in [2.24, 2.45) is 5.92 Å². The van der Waals surface area contributed by atoms with Gasteiger partial charge in [0.1, 0.15) is 6.67 Å². The minimum Gasteiger partial charge on any atom is -0.480 e. The highest BCUT2D eigenvalue weighted by molar-refractivity contribution is 5.84. The van der Waals surface area contributed by atoms with Crippen LogP contribution in [0.4, 0.5) is 4.39 Å². The van der Waals surface area contributed by atoms with Crippen molar-refractivity contribution in [3.63, 3.8) is 0 Å². The molecule has 0 spiro atoms. The van der Waals surface area contributed by atoms with E-state index in [4.69, 9.17) is 5.11 Å². The summed E-state index contributed by atoms with van der Waals surface area (Å²) in [7, 11) is 0. The van der Waals surface area contributed by atoms with Crippen LogP contribution in [0.15, 0.2) is 24.3 Å². The fourth-order valence-corrected chi connectivity index (χ4v) is 1.86. The number of aliphatic carboxylic acids is 1. The first-order valence-electron chi connectivity index (χ1n) is 6.58. The molecule has 0 bridgehead atoms. The Bertz CT molecular complexity index is 457. The standard InChI is InChI=1S/C15H20FNO3/c1-10(2)7-11-3-5-12(6-4-11)8-14(18)17-13(9-16)15(19)20/h3-6,10,13H,7-9H2,1-2H3,(H,17,18)(H,19,20). The lowest BCUT2D eigenvalue weighted by molar-refractivity contribution is -0.142. The van der Waals surface area contributed by atoms with Gasteiger partial charge >= 0.3 is 5.97 Å². The molecule has 1 aromatic rings. The van der Waals surface area contributed by atoms with E-state index in [0.717, 1.165) is 12.0 Å². The summed E-state index contributed by atoms with van der Waals surface area (Å²) in [6.07, 6.45) is 1.02. The number of carbonyl (C=O) groups is 2. The fourth-order valence-electron chi connectivity index (χ4n) is 1.86. The van der Waals surface area contributed by atoms with Crippen LogP contribution in [-0.4, -0.2) is 29.7 Å². The Kier molecular flexibility index (Phi) is 6.15. The summed E-state index contributed by atoms with van der Waals surface area (Å²) in [5, 5.41) is 10.8. The van der Waals surface area contributed by atoms with E-state index in [-0.39, 0.29) is 6.42 Å². The summed E-state index contributed by atoms with van der Waals surface area (Å²) in [5.41, 5.74) is 1.97. The van der Waals surface area contributed by atoms with Crippen molar-refractivity contribution in [2.75, 3.05) is 6.67 Å². The van der Waals surface area contributed by atoms with Gasteiger partial charge < -0.3 is 10.4 Å². The predicted octanol–water partition coefficient (Wildman–Crippen LogP) is 1.97. The average molecular weight is 281 g/mol. The van der Waals surface area contributed by atoms with Crippen LogP contribution in [-0.2, 0) is 22.4 Å². The molecule has 1 rings (SSSR count). The Hall–Kier alpha value is -1.91. The smallest absolute Gasteiger partial charge is 0.328 e. The zero-order valence-electron chi connectivity index (χ0n) is 11.7. The van der Waals surface area contributed by atoms with Gasteiger partial charge in [-0.3, -0.25) is 4.79 Å². The minimum atomic E-state index is -1.47. The molecule has 1 unspecified atom stereocenters. The molecule has 0 aliphatic carbocycles. The molecule has 1 aromatic carbocycles. The maximum atomic E-state index is 12.4. The number of rotatable bonds is 7. The lowest BCUT2D eigenvalue weighted by atomic mass is 10.0. The molecule has 0 heterocycles. The van der Waals surface area contributed by atoms with Crippen molar-refractivity contribution >= 4 is 11.9 Å². The molecule has 0 radical (unpaired) electrons. The number of nitrogens with one attached hydrogen (secondary N) is 1. The summed E-state index contributed by atoms with van der Waals surface area (Å²) in [6, 6.07) is 6.10. The zero-order chi connectivity index (χ0) is 15.1. The average Bonchev–Trinajstić information content (AvgIpc) is 2.37. The number of benzene rings is 1. The van der Waals surface area contributed by atoms with Crippen LogP contribution >= 0.6 is 0 Å². The number of carboxylic acids is 1. The largest absolute Gasteiger partial charge is 0.480 e. The lowest BCUT2D eigenvalue weighted by Crippen LogP contribution is -2.43. The Morgan fingerprint density at radius 1 is 1.20 bits per heavy atom. The highest BCUT2D eigenvalue weighted by Crippen LogP contribution is 2.10. The zero-order valence-corrected chi connectivity index (χ0v) is 11.7. The molecule has 0 aromatic heterocycles. The van der Waals surface area contributed by atoms with Crippen molar-refractivity contribution < 1.29 is 19.1 Å². The van der Waals surface area contributed by atoms with Gasteiger partial charge in [-0.2, -0.15) is 0 Å². The SMILES string of the molecule is CC(C)Cc1ccc(CC(=O)NC(CF)C(=O)O)cc1. The Labute approximate surface area is 118 Å². The van der Waals surface area contributed by atoms with Crippen molar-refractivity contribution in [3.8, 4) is 0 Å². The first-order valence-corrected chi connectivity index (χ1v) is 6.58. The molecule has 5 heteroatoms. The third-order valence-corrected chi connectivity index (χ3v) is 2.82. The number of alkyl halides is 1. The Morgan fingerprint density at radius 2 is 1.75 bits per heavy atom. The van der Waals surface area contributed by atoms with Gasteiger partial charge in [-0.1, -0.05) is 38.1 Å². The summed E-state index contributed by atoms with van der Waals surface area (Å²) in [6.45, 7) is 3.14. The third-order valence-electron chi connectivity index (χ3n) is 2.82. The molecule has 0 fully saturated rings. The van der Waals surface area contributed by atoms with Crippen LogP contribution in [0.25, 0.3) is 0 Å². The highest BCUT2D eigenvalue weighted by atomic mass is 19.1. The van der Waals surface area contributed by atoms with E-state index < -0.39 is 24.6 Å². The molecular formula is C15H20FNO3. The monoisotopic (exact) mass is 281 g/mol. The van der Waals surface area contributed by atoms with Crippen molar-refractivity contribution in [1.82, 2.24) is 5.32 Å². The quantitative estimate of drug-likeness (QED) is 0.803. The molecule has 2 N–H and O–H groups in total. The molecular weight excluding hydrogens is 261 g/mol. The number of carboxylic acid groups (broad SMARTS) is 1. The third kappa shape index (κ3) is 5.38. The molecule has 0 aliphatic rings. The predicted molar refractivity (Wildman–Crippen MR) is 74.2 cm³/mol. The summed E-state index contributed by atoms with van der Waals surface area (Å²) in [5.74, 6) is -1.30. The molecule has 1 amide bonds. The normalized spacial score (nSPS) is 12.2. The summed E-state index contributed by atoms with van der Waals surface area (Å²) >= 11 is 0. The van der Waals surface area contributed by atoms with Crippen molar-refractivity contribution in [3.05, 3.63) is 35.4 Å².